The standard InChI is InChI=1S/C16H15FN2O4/c1-11(23-14-7-3-2-6-13(14)17)16(21)19-18-15(20)9-8-12-5-4-10-22-12/h2-11H,1H3,(H,18,20)(H,19,21). The largest absolute Gasteiger partial charge is 0.478 e. The summed E-state index contributed by atoms with van der Waals surface area (Å²) in [5.74, 6) is -1.28. The number of halogens is 1. The molecule has 0 saturated heterocycles. The van der Waals surface area contributed by atoms with Gasteiger partial charge in [0.25, 0.3) is 11.8 Å². The fourth-order valence-electron chi connectivity index (χ4n) is 1.59. The molecule has 7 heteroatoms. The van der Waals surface area contributed by atoms with E-state index in [9.17, 15) is 14.0 Å². The maximum atomic E-state index is 13.4. The Morgan fingerprint density at radius 1 is 1.22 bits per heavy atom. The molecule has 0 fully saturated rings. The molecule has 0 radical (unpaired) electrons. The lowest BCUT2D eigenvalue weighted by atomic mass is 10.3. The van der Waals surface area contributed by atoms with Crippen molar-refractivity contribution in [1.29, 1.82) is 0 Å². The highest BCUT2D eigenvalue weighted by molar-refractivity contribution is 5.93. The normalized spacial score (nSPS) is 11.9. The van der Waals surface area contributed by atoms with E-state index in [4.69, 9.17) is 9.15 Å². The van der Waals surface area contributed by atoms with Crippen LogP contribution in [0.1, 0.15) is 12.7 Å². The van der Waals surface area contributed by atoms with Gasteiger partial charge in [0.15, 0.2) is 17.7 Å². The summed E-state index contributed by atoms with van der Waals surface area (Å²) in [6, 6.07) is 9.08. The first kappa shape index (κ1) is 16.3. The predicted octanol–water partition coefficient (Wildman–Crippen LogP) is 2.05. The summed E-state index contributed by atoms with van der Waals surface area (Å²) in [6.45, 7) is 1.44. The van der Waals surface area contributed by atoms with Crippen LogP contribution in [0.5, 0.6) is 5.75 Å². The molecule has 2 N–H and O–H groups in total. The molecule has 1 atom stereocenters. The van der Waals surface area contributed by atoms with Gasteiger partial charge in [-0.15, -0.1) is 0 Å². The number of hydrazine groups is 1. The van der Waals surface area contributed by atoms with Gasteiger partial charge >= 0.3 is 0 Å². The number of furan rings is 1. The van der Waals surface area contributed by atoms with E-state index in [-0.39, 0.29) is 5.75 Å². The fourth-order valence-corrected chi connectivity index (χ4v) is 1.59. The van der Waals surface area contributed by atoms with Gasteiger partial charge in [-0.1, -0.05) is 12.1 Å². The molecule has 0 aliphatic rings. The minimum atomic E-state index is -0.985. The molecule has 1 aromatic carbocycles. The molecular weight excluding hydrogens is 303 g/mol. The lowest BCUT2D eigenvalue weighted by molar-refractivity contribution is -0.131. The molecule has 0 aliphatic carbocycles. The van der Waals surface area contributed by atoms with Crippen molar-refractivity contribution in [1.82, 2.24) is 10.9 Å². The molecule has 1 aromatic heterocycles. The first-order valence-electron chi connectivity index (χ1n) is 6.79. The summed E-state index contributed by atoms with van der Waals surface area (Å²) in [5.41, 5.74) is 4.37. The number of rotatable bonds is 5. The molecule has 0 saturated carbocycles. The number of benzene rings is 1. The van der Waals surface area contributed by atoms with E-state index in [0.29, 0.717) is 5.76 Å². The smallest absolute Gasteiger partial charge is 0.279 e. The van der Waals surface area contributed by atoms with Crippen LogP contribution in [0.2, 0.25) is 0 Å². The van der Waals surface area contributed by atoms with E-state index in [2.05, 4.69) is 10.9 Å². The van der Waals surface area contributed by atoms with Gasteiger partial charge in [-0.05, 0) is 37.3 Å². The maximum Gasteiger partial charge on any atom is 0.279 e. The highest BCUT2D eigenvalue weighted by Gasteiger charge is 2.16. The SMILES string of the molecule is CC(Oc1ccccc1F)C(=O)NNC(=O)C=Cc1ccco1. The lowest BCUT2D eigenvalue weighted by Crippen LogP contribution is -2.46. The molecule has 2 aromatic rings. The van der Waals surface area contributed by atoms with Gasteiger partial charge in [0.1, 0.15) is 5.76 Å². The molecule has 1 heterocycles. The van der Waals surface area contributed by atoms with Crippen LogP contribution < -0.4 is 15.6 Å². The number of carbonyl (C=O) groups is 2. The Morgan fingerprint density at radius 3 is 2.70 bits per heavy atom. The van der Waals surface area contributed by atoms with Crippen LogP contribution in [0.25, 0.3) is 6.08 Å². The van der Waals surface area contributed by atoms with E-state index in [1.54, 1.807) is 18.2 Å². The van der Waals surface area contributed by atoms with E-state index >= 15 is 0 Å². The molecule has 1 unspecified atom stereocenters. The number of hydrogen-bond acceptors (Lipinski definition) is 4. The second-order valence-corrected chi connectivity index (χ2v) is 4.52. The summed E-state index contributed by atoms with van der Waals surface area (Å²) in [4.78, 5) is 23.3. The van der Waals surface area contributed by atoms with Crippen molar-refractivity contribution in [2.75, 3.05) is 0 Å². The Morgan fingerprint density at radius 2 is 2.00 bits per heavy atom. The van der Waals surface area contributed by atoms with Gasteiger partial charge in [-0.2, -0.15) is 0 Å². The van der Waals surface area contributed by atoms with E-state index in [0.717, 1.165) is 0 Å². The zero-order chi connectivity index (χ0) is 16.7. The summed E-state index contributed by atoms with van der Waals surface area (Å²) < 4.78 is 23.6. The highest BCUT2D eigenvalue weighted by atomic mass is 19.1. The van der Waals surface area contributed by atoms with Gasteiger partial charge in [-0.25, -0.2) is 4.39 Å². The molecule has 0 bridgehead atoms. The van der Waals surface area contributed by atoms with E-state index < -0.39 is 23.7 Å². The van der Waals surface area contributed by atoms with E-state index in [1.165, 1.54) is 43.5 Å². The second kappa shape index (κ2) is 7.79. The first-order valence-corrected chi connectivity index (χ1v) is 6.79. The van der Waals surface area contributed by atoms with Crippen molar-refractivity contribution >= 4 is 17.9 Å². The minimum absolute atomic E-state index is 0.0424. The van der Waals surface area contributed by atoms with Crippen LogP contribution in [-0.4, -0.2) is 17.9 Å². The summed E-state index contributed by atoms with van der Waals surface area (Å²) in [5, 5.41) is 0. The third kappa shape index (κ3) is 4.99. The molecular formula is C16H15FN2O4. The van der Waals surface area contributed by atoms with Crippen molar-refractivity contribution in [2.24, 2.45) is 0 Å². The van der Waals surface area contributed by atoms with Crippen LogP contribution in [0.15, 0.2) is 53.2 Å². The average Bonchev–Trinajstić information content (AvgIpc) is 3.06. The number of amides is 2. The summed E-state index contributed by atoms with van der Waals surface area (Å²) >= 11 is 0. The van der Waals surface area contributed by atoms with Crippen molar-refractivity contribution in [3.05, 3.63) is 60.3 Å². The highest BCUT2D eigenvalue weighted by Crippen LogP contribution is 2.16. The Hall–Kier alpha value is -3.09. The minimum Gasteiger partial charge on any atom is -0.478 e. The van der Waals surface area contributed by atoms with Crippen LogP contribution >= 0.6 is 0 Å². The average molecular weight is 318 g/mol. The predicted molar refractivity (Wildman–Crippen MR) is 80.5 cm³/mol. The Balaban J connectivity index is 1.79. The molecule has 0 aliphatic heterocycles. The molecule has 2 rings (SSSR count). The van der Waals surface area contributed by atoms with Crippen LogP contribution in [-0.2, 0) is 9.59 Å². The third-order valence-corrected chi connectivity index (χ3v) is 2.76. The Kier molecular flexibility index (Phi) is 5.51. The Bertz CT molecular complexity index is 698. The topological polar surface area (TPSA) is 80.6 Å². The number of ether oxygens (including phenoxy) is 1. The number of nitrogens with one attached hydrogen (secondary N) is 2. The zero-order valence-corrected chi connectivity index (χ0v) is 12.3. The monoisotopic (exact) mass is 318 g/mol. The molecule has 0 spiro atoms. The second-order valence-electron chi connectivity index (χ2n) is 4.52. The van der Waals surface area contributed by atoms with Crippen molar-refractivity contribution in [3.63, 3.8) is 0 Å². The summed E-state index contributed by atoms with van der Waals surface area (Å²) in [6.07, 6.45) is 3.13. The number of para-hydroxylation sites is 1. The van der Waals surface area contributed by atoms with Gasteiger partial charge in [0, 0.05) is 6.08 Å². The van der Waals surface area contributed by atoms with Gasteiger partial charge in [-0.3, -0.25) is 20.4 Å². The van der Waals surface area contributed by atoms with Crippen LogP contribution in [0, 0.1) is 5.82 Å². The van der Waals surface area contributed by atoms with Gasteiger partial charge in [0.2, 0.25) is 0 Å². The fraction of sp³-hybridized carbons (Fsp3) is 0.125. The molecule has 6 nitrogen and oxygen atoms in total. The van der Waals surface area contributed by atoms with Crippen molar-refractivity contribution in [2.45, 2.75) is 13.0 Å². The molecule has 120 valence electrons. The molecule has 2 amide bonds. The van der Waals surface area contributed by atoms with E-state index in [1.807, 2.05) is 0 Å². The quantitative estimate of drug-likeness (QED) is 0.653. The van der Waals surface area contributed by atoms with Gasteiger partial charge < -0.3 is 9.15 Å². The van der Waals surface area contributed by atoms with Crippen molar-refractivity contribution in [3.8, 4) is 5.75 Å². The number of hydrogen-bond donors (Lipinski definition) is 2. The number of carbonyl (C=O) groups excluding carboxylic acids is 2. The Labute approximate surface area is 131 Å². The first-order chi connectivity index (χ1) is 11.1. The van der Waals surface area contributed by atoms with Crippen molar-refractivity contribution < 1.29 is 23.1 Å². The summed E-state index contributed by atoms with van der Waals surface area (Å²) in [7, 11) is 0. The molecule has 23 heavy (non-hydrogen) atoms. The van der Waals surface area contributed by atoms with Crippen LogP contribution in [0.3, 0.4) is 0 Å². The third-order valence-electron chi connectivity index (χ3n) is 2.76. The maximum absolute atomic E-state index is 13.4. The lowest BCUT2D eigenvalue weighted by Gasteiger charge is -2.15. The van der Waals surface area contributed by atoms with Crippen LogP contribution in [0.4, 0.5) is 4.39 Å². The zero-order valence-electron chi connectivity index (χ0n) is 12.3. The van der Waals surface area contributed by atoms with Gasteiger partial charge in [0.05, 0.1) is 6.26 Å².